The van der Waals surface area contributed by atoms with Gasteiger partial charge >= 0.3 is 0 Å². The van der Waals surface area contributed by atoms with Crippen LogP contribution in [0.2, 0.25) is 0 Å². The first-order valence-electron chi connectivity index (χ1n) is 4.92. The number of nitrogens with one attached hydrogen (secondary N) is 1. The molecule has 3 nitrogen and oxygen atoms in total. The summed E-state index contributed by atoms with van der Waals surface area (Å²) in [4.78, 5) is 10.7. The van der Waals surface area contributed by atoms with Crippen LogP contribution in [0.5, 0.6) is 0 Å². The SMILES string of the molecule is O=NC12CC3CC(CC(C3)N1)C2. The highest BCUT2D eigenvalue weighted by atomic mass is 16.3. The largest absolute Gasteiger partial charge is 0.287 e. The highest BCUT2D eigenvalue weighted by Crippen LogP contribution is 2.49. The van der Waals surface area contributed by atoms with E-state index in [1.54, 1.807) is 0 Å². The van der Waals surface area contributed by atoms with E-state index in [-0.39, 0.29) is 5.66 Å². The molecule has 3 heteroatoms. The zero-order valence-electron chi connectivity index (χ0n) is 7.12. The van der Waals surface area contributed by atoms with Gasteiger partial charge in [-0.3, -0.25) is 5.32 Å². The Morgan fingerprint density at radius 2 is 1.83 bits per heavy atom. The lowest BCUT2D eigenvalue weighted by atomic mass is 9.62. The summed E-state index contributed by atoms with van der Waals surface area (Å²) in [5, 5.41) is 6.72. The Bertz CT molecular complexity index is 191. The van der Waals surface area contributed by atoms with Crippen LogP contribution in [-0.4, -0.2) is 11.7 Å². The molecule has 2 saturated heterocycles. The first-order valence-corrected chi connectivity index (χ1v) is 4.92. The second-order valence-electron chi connectivity index (χ2n) is 4.81. The predicted octanol–water partition coefficient (Wildman–Crippen LogP) is 1.63. The lowest BCUT2D eigenvalue weighted by Crippen LogP contribution is -2.62. The van der Waals surface area contributed by atoms with Crippen molar-refractivity contribution >= 4 is 0 Å². The van der Waals surface area contributed by atoms with Gasteiger partial charge in [0, 0.05) is 6.04 Å². The Labute approximate surface area is 71.9 Å². The highest BCUT2D eigenvalue weighted by Gasteiger charge is 2.51. The molecule has 2 atom stereocenters. The first-order chi connectivity index (χ1) is 5.80. The lowest BCUT2D eigenvalue weighted by Gasteiger charge is -2.53. The molecular weight excluding hydrogens is 152 g/mol. The van der Waals surface area contributed by atoms with Gasteiger partial charge in [-0.05, 0) is 49.1 Å². The summed E-state index contributed by atoms with van der Waals surface area (Å²) in [6, 6.07) is 0.606. The summed E-state index contributed by atoms with van der Waals surface area (Å²) in [5.41, 5.74) is -0.339. The molecule has 0 aromatic carbocycles. The third-order valence-electron chi connectivity index (χ3n) is 3.80. The van der Waals surface area contributed by atoms with E-state index in [2.05, 4.69) is 10.5 Å². The van der Waals surface area contributed by atoms with E-state index in [9.17, 15) is 4.91 Å². The maximum Gasteiger partial charge on any atom is 0.153 e. The van der Waals surface area contributed by atoms with Gasteiger partial charge in [-0.1, -0.05) is 0 Å². The highest BCUT2D eigenvalue weighted by molar-refractivity contribution is 5.06. The van der Waals surface area contributed by atoms with Crippen LogP contribution >= 0.6 is 0 Å². The Balaban J connectivity index is 1.95. The number of piperidine rings is 2. The van der Waals surface area contributed by atoms with Crippen molar-refractivity contribution in [2.24, 2.45) is 17.0 Å². The lowest BCUT2D eigenvalue weighted by molar-refractivity contribution is 0.00158. The van der Waals surface area contributed by atoms with Gasteiger partial charge in [0.05, 0.1) is 0 Å². The second-order valence-corrected chi connectivity index (χ2v) is 4.81. The fraction of sp³-hybridized carbons (Fsp3) is 1.00. The molecule has 0 aromatic heterocycles. The van der Waals surface area contributed by atoms with Crippen LogP contribution in [0.25, 0.3) is 0 Å². The third kappa shape index (κ3) is 0.802. The van der Waals surface area contributed by atoms with E-state index in [1.165, 1.54) is 19.3 Å². The van der Waals surface area contributed by atoms with Gasteiger partial charge in [-0.2, -0.15) is 0 Å². The quantitative estimate of drug-likeness (QED) is 0.601. The minimum absolute atomic E-state index is 0.339. The zero-order valence-corrected chi connectivity index (χ0v) is 7.12. The molecule has 2 unspecified atom stereocenters. The summed E-state index contributed by atoms with van der Waals surface area (Å²) >= 11 is 0. The van der Waals surface area contributed by atoms with Crippen LogP contribution in [0.1, 0.15) is 32.1 Å². The molecule has 0 spiro atoms. The molecule has 4 bridgehead atoms. The zero-order chi connectivity index (χ0) is 8.18. The molecule has 2 aliphatic carbocycles. The summed E-state index contributed by atoms with van der Waals surface area (Å²) in [5.74, 6) is 1.59. The van der Waals surface area contributed by atoms with Crippen molar-refractivity contribution in [3.63, 3.8) is 0 Å². The molecule has 0 amide bonds. The van der Waals surface area contributed by atoms with Crippen molar-refractivity contribution in [1.82, 2.24) is 5.32 Å². The molecule has 4 aliphatic rings. The maximum atomic E-state index is 10.7. The van der Waals surface area contributed by atoms with Crippen molar-refractivity contribution in [2.45, 2.75) is 43.8 Å². The van der Waals surface area contributed by atoms with Gasteiger partial charge in [0.1, 0.15) is 0 Å². The Kier molecular flexibility index (Phi) is 1.21. The Morgan fingerprint density at radius 1 is 1.17 bits per heavy atom. The topological polar surface area (TPSA) is 41.5 Å². The van der Waals surface area contributed by atoms with E-state index >= 15 is 0 Å². The molecule has 12 heavy (non-hydrogen) atoms. The summed E-state index contributed by atoms with van der Waals surface area (Å²) in [7, 11) is 0. The van der Waals surface area contributed by atoms with Crippen molar-refractivity contribution < 1.29 is 0 Å². The van der Waals surface area contributed by atoms with Crippen molar-refractivity contribution in [3.05, 3.63) is 4.91 Å². The van der Waals surface area contributed by atoms with Crippen molar-refractivity contribution in [3.8, 4) is 0 Å². The minimum atomic E-state index is -0.339. The molecule has 2 heterocycles. The Hall–Kier alpha value is -0.440. The molecular formula is C9H14N2O. The summed E-state index contributed by atoms with van der Waals surface area (Å²) < 4.78 is 0. The molecule has 0 aromatic rings. The van der Waals surface area contributed by atoms with Gasteiger partial charge in [0.25, 0.3) is 0 Å². The van der Waals surface area contributed by atoms with Crippen LogP contribution < -0.4 is 5.32 Å². The van der Waals surface area contributed by atoms with Gasteiger partial charge < -0.3 is 0 Å². The van der Waals surface area contributed by atoms with E-state index in [1.807, 2.05) is 0 Å². The number of rotatable bonds is 1. The normalized spacial score (nSPS) is 55.8. The molecule has 1 N–H and O–H groups in total. The van der Waals surface area contributed by atoms with E-state index in [0.717, 1.165) is 24.7 Å². The predicted molar refractivity (Wildman–Crippen MR) is 45.5 cm³/mol. The smallest absolute Gasteiger partial charge is 0.153 e. The van der Waals surface area contributed by atoms with Crippen LogP contribution in [0.15, 0.2) is 5.18 Å². The van der Waals surface area contributed by atoms with Crippen LogP contribution in [0.4, 0.5) is 0 Å². The average molecular weight is 166 g/mol. The minimum Gasteiger partial charge on any atom is -0.287 e. The third-order valence-corrected chi connectivity index (χ3v) is 3.80. The summed E-state index contributed by atoms with van der Waals surface area (Å²) in [6.07, 6.45) is 5.93. The van der Waals surface area contributed by atoms with E-state index < -0.39 is 0 Å². The van der Waals surface area contributed by atoms with Gasteiger partial charge in [0.15, 0.2) is 5.66 Å². The van der Waals surface area contributed by atoms with Gasteiger partial charge in [-0.25, -0.2) is 0 Å². The molecule has 4 rings (SSSR count). The maximum absolute atomic E-state index is 10.7. The molecule has 4 fully saturated rings. The van der Waals surface area contributed by atoms with Crippen LogP contribution in [0, 0.1) is 16.7 Å². The van der Waals surface area contributed by atoms with Crippen LogP contribution in [0.3, 0.4) is 0 Å². The molecule has 0 radical (unpaired) electrons. The molecule has 66 valence electrons. The number of nitroso groups, excluding NO2 is 1. The molecule has 2 saturated carbocycles. The fourth-order valence-corrected chi connectivity index (χ4v) is 3.65. The van der Waals surface area contributed by atoms with Crippen molar-refractivity contribution in [1.29, 1.82) is 0 Å². The number of nitrogens with zero attached hydrogens (tertiary/aromatic N) is 1. The van der Waals surface area contributed by atoms with E-state index in [0.29, 0.717) is 6.04 Å². The summed E-state index contributed by atoms with van der Waals surface area (Å²) in [6.45, 7) is 0. The van der Waals surface area contributed by atoms with Gasteiger partial charge in [-0.15, -0.1) is 4.91 Å². The van der Waals surface area contributed by atoms with E-state index in [4.69, 9.17) is 0 Å². The molecule has 2 aliphatic heterocycles. The monoisotopic (exact) mass is 166 g/mol. The second kappa shape index (κ2) is 2.08. The number of hydrogen-bond donors (Lipinski definition) is 1. The fourth-order valence-electron chi connectivity index (χ4n) is 3.65. The van der Waals surface area contributed by atoms with Crippen molar-refractivity contribution in [2.75, 3.05) is 0 Å². The first kappa shape index (κ1) is 7.01. The number of hydrogen-bond acceptors (Lipinski definition) is 3. The Morgan fingerprint density at radius 3 is 2.33 bits per heavy atom. The van der Waals surface area contributed by atoms with Gasteiger partial charge in [0.2, 0.25) is 0 Å². The average Bonchev–Trinajstić information content (AvgIpc) is 2.02. The van der Waals surface area contributed by atoms with Crippen LogP contribution in [-0.2, 0) is 0 Å². The standard InChI is InChI=1S/C9H14N2O/c12-11-9-4-6-1-7(5-9)3-8(2-6)10-9/h6-8,10H,1-5H2.